The minimum Gasteiger partial charge on any atom is -0.454 e. The van der Waals surface area contributed by atoms with Gasteiger partial charge >= 0.3 is 18.2 Å². The number of nitrogens with zero attached hydrogens (tertiary/aromatic N) is 6. The Bertz CT molecular complexity index is 1620. The van der Waals surface area contributed by atoms with Crippen molar-refractivity contribution in [1.29, 1.82) is 0 Å². The van der Waals surface area contributed by atoms with Crippen LogP contribution in [0.3, 0.4) is 0 Å². The van der Waals surface area contributed by atoms with E-state index in [-0.39, 0.29) is 17.2 Å². The number of alkyl halides is 3. The summed E-state index contributed by atoms with van der Waals surface area (Å²) in [6.07, 6.45) is 3.32. The molecular formula is C26H18F3N7O3. The highest BCUT2D eigenvalue weighted by Gasteiger charge is 2.41. The fourth-order valence-corrected chi connectivity index (χ4v) is 3.81. The second-order valence-electron chi connectivity index (χ2n) is 8.24. The summed E-state index contributed by atoms with van der Waals surface area (Å²) in [4.78, 5) is 32.6. The van der Waals surface area contributed by atoms with Gasteiger partial charge in [-0.05, 0) is 41.8 Å². The molecule has 39 heavy (non-hydrogen) atoms. The number of pyridine rings is 1. The van der Waals surface area contributed by atoms with E-state index in [4.69, 9.17) is 0 Å². The zero-order chi connectivity index (χ0) is 27.4. The van der Waals surface area contributed by atoms with E-state index in [1.807, 2.05) is 6.07 Å². The largest absolute Gasteiger partial charge is 0.490 e. The molecule has 196 valence electrons. The first kappa shape index (κ1) is 25.4. The molecule has 1 unspecified atom stereocenters. The minimum atomic E-state index is -5.14. The number of benzene rings is 1. The lowest BCUT2D eigenvalue weighted by Crippen LogP contribution is -2.31. The zero-order valence-corrected chi connectivity index (χ0v) is 20.0. The molecule has 0 saturated heterocycles. The molecule has 1 aliphatic heterocycles. The lowest BCUT2D eigenvalue weighted by Gasteiger charge is -2.22. The fraction of sp³-hybridized carbons (Fsp3) is 0.154. The predicted molar refractivity (Wildman–Crippen MR) is 132 cm³/mol. The Morgan fingerprint density at radius 2 is 1.95 bits per heavy atom. The average molecular weight is 533 g/mol. The molecule has 1 aliphatic rings. The normalized spacial score (nSPS) is 14.6. The lowest BCUT2D eigenvalue weighted by molar-refractivity contribution is -0.201. The Morgan fingerprint density at radius 3 is 2.74 bits per heavy atom. The van der Waals surface area contributed by atoms with Gasteiger partial charge in [0.1, 0.15) is 12.3 Å². The maximum Gasteiger partial charge on any atom is 0.490 e. The van der Waals surface area contributed by atoms with Crippen LogP contribution in [0, 0.1) is 11.8 Å². The van der Waals surface area contributed by atoms with Gasteiger partial charge in [-0.15, -0.1) is 0 Å². The molecule has 0 bridgehead atoms. The Labute approximate surface area is 219 Å². The van der Waals surface area contributed by atoms with Crippen LogP contribution < -0.4 is 5.32 Å². The van der Waals surface area contributed by atoms with Gasteiger partial charge in [0.15, 0.2) is 5.65 Å². The van der Waals surface area contributed by atoms with Crippen LogP contribution in [0.4, 0.5) is 23.7 Å². The highest BCUT2D eigenvalue weighted by Crippen LogP contribution is 2.28. The molecule has 4 aromatic rings. The van der Waals surface area contributed by atoms with Gasteiger partial charge in [0.2, 0.25) is 0 Å². The number of urea groups is 1. The highest BCUT2D eigenvalue weighted by molar-refractivity contribution is 5.91. The molecule has 1 atom stereocenters. The number of rotatable bonds is 4. The predicted octanol–water partition coefficient (Wildman–Crippen LogP) is 4.09. The molecule has 1 N–H and O–H groups in total. The molecule has 5 rings (SSSR count). The molecule has 0 saturated carbocycles. The standard InChI is InChI=1S/C26H18F3N7O3/c27-26(28,29)24(37)39-16-19-5-7-20(13-17(19)6-8-21-15-31-23-4-2-11-32-35(21)23)34-25(38)36-22(9-12-33-36)18-3-1-10-30-14-18/h1-5,7,10-15,22H,9,16H2,(H,34,38). The summed E-state index contributed by atoms with van der Waals surface area (Å²) in [7, 11) is 0. The van der Waals surface area contributed by atoms with Crippen molar-refractivity contribution in [3.8, 4) is 11.8 Å². The van der Waals surface area contributed by atoms with Crippen LogP contribution >= 0.6 is 0 Å². The number of imidazole rings is 1. The number of hydrogen-bond acceptors (Lipinski definition) is 7. The van der Waals surface area contributed by atoms with E-state index in [1.54, 1.807) is 43.0 Å². The number of amides is 2. The fourth-order valence-electron chi connectivity index (χ4n) is 3.81. The van der Waals surface area contributed by atoms with E-state index in [0.717, 1.165) is 5.56 Å². The smallest absolute Gasteiger partial charge is 0.454 e. The molecule has 10 nitrogen and oxygen atoms in total. The Morgan fingerprint density at radius 1 is 1.10 bits per heavy atom. The third-order valence-corrected chi connectivity index (χ3v) is 5.66. The van der Waals surface area contributed by atoms with Crippen molar-refractivity contribution in [1.82, 2.24) is 24.6 Å². The molecule has 0 spiro atoms. The second-order valence-corrected chi connectivity index (χ2v) is 8.24. The Hall–Kier alpha value is -5.25. The number of carbonyl (C=O) groups is 2. The van der Waals surface area contributed by atoms with E-state index < -0.39 is 24.8 Å². The number of esters is 1. The van der Waals surface area contributed by atoms with Crippen LogP contribution in [0.2, 0.25) is 0 Å². The summed E-state index contributed by atoms with van der Waals surface area (Å²) in [5.41, 5.74) is 2.51. The summed E-state index contributed by atoms with van der Waals surface area (Å²) in [5.74, 6) is 3.42. The Kier molecular flexibility index (Phi) is 6.92. The first-order valence-electron chi connectivity index (χ1n) is 11.5. The van der Waals surface area contributed by atoms with Crippen LogP contribution in [0.5, 0.6) is 0 Å². The third kappa shape index (κ3) is 5.69. The molecule has 0 radical (unpaired) electrons. The van der Waals surface area contributed by atoms with Gasteiger partial charge in [0.05, 0.1) is 12.2 Å². The third-order valence-electron chi connectivity index (χ3n) is 5.66. The van der Waals surface area contributed by atoms with Gasteiger partial charge in [0.25, 0.3) is 0 Å². The molecule has 1 aromatic carbocycles. The van der Waals surface area contributed by atoms with Gasteiger partial charge in [-0.1, -0.05) is 18.1 Å². The number of aromatic nitrogens is 4. The van der Waals surface area contributed by atoms with E-state index in [9.17, 15) is 22.8 Å². The molecule has 0 aliphatic carbocycles. The molecule has 0 fully saturated rings. The number of anilines is 1. The molecule has 4 heterocycles. The summed E-state index contributed by atoms with van der Waals surface area (Å²) in [6.45, 7) is -0.679. The van der Waals surface area contributed by atoms with Crippen molar-refractivity contribution < 1.29 is 27.5 Å². The van der Waals surface area contributed by atoms with Crippen LogP contribution in [0.25, 0.3) is 5.65 Å². The summed E-state index contributed by atoms with van der Waals surface area (Å²) in [5, 5.41) is 12.3. The molecular weight excluding hydrogens is 515 g/mol. The van der Waals surface area contributed by atoms with Gasteiger partial charge < -0.3 is 10.1 Å². The van der Waals surface area contributed by atoms with Crippen LogP contribution in [0.1, 0.15) is 34.8 Å². The number of fused-ring (bicyclic) bond motifs is 1. The first-order chi connectivity index (χ1) is 18.8. The van der Waals surface area contributed by atoms with E-state index in [0.29, 0.717) is 23.4 Å². The van der Waals surface area contributed by atoms with E-state index in [2.05, 4.69) is 42.1 Å². The second kappa shape index (κ2) is 10.6. The Balaban J connectivity index is 1.41. The molecule has 3 aromatic heterocycles. The van der Waals surface area contributed by atoms with Crippen LogP contribution in [-0.4, -0.2) is 49.0 Å². The van der Waals surface area contributed by atoms with Gasteiger partial charge in [-0.2, -0.15) is 23.4 Å². The van der Waals surface area contributed by atoms with Crippen molar-refractivity contribution >= 4 is 29.5 Å². The topological polar surface area (TPSA) is 114 Å². The highest BCUT2D eigenvalue weighted by atomic mass is 19.4. The lowest BCUT2D eigenvalue weighted by atomic mass is 10.1. The molecule has 13 heteroatoms. The van der Waals surface area contributed by atoms with Crippen molar-refractivity contribution in [2.45, 2.75) is 25.2 Å². The van der Waals surface area contributed by atoms with Gasteiger partial charge in [0, 0.05) is 48.0 Å². The number of ether oxygens (including phenoxy) is 1. The first-order valence-corrected chi connectivity index (χ1v) is 11.5. The maximum absolute atomic E-state index is 13.0. The van der Waals surface area contributed by atoms with Gasteiger partial charge in [-0.25, -0.2) is 24.1 Å². The van der Waals surface area contributed by atoms with Gasteiger partial charge in [-0.3, -0.25) is 4.98 Å². The zero-order valence-electron chi connectivity index (χ0n) is 20.0. The van der Waals surface area contributed by atoms with E-state index in [1.165, 1.54) is 33.9 Å². The number of nitrogens with one attached hydrogen (secondary N) is 1. The average Bonchev–Trinajstić information content (AvgIpc) is 3.59. The monoisotopic (exact) mass is 533 g/mol. The SMILES string of the molecule is O=C(Nc1ccc(COC(=O)C(F)(F)F)c(C#Cc2cnc3cccnn23)c1)N1N=CCC1c1cccnc1. The number of halogens is 3. The van der Waals surface area contributed by atoms with E-state index >= 15 is 0 Å². The number of hydrogen-bond donors (Lipinski definition) is 1. The number of carbonyl (C=O) groups excluding carboxylic acids is 2. The quantitative estimate of drug-likeness (QED) is 0.312. The van der Waals surface area contributed by atoms with Crippen LogP contribution in [0.15, 0.2) is 72.4 Å². The van der Waals surface area contributed by atoms with Crippen molar-refractivity contribution in [2.24, 2.45) is 5.10 Å². The maximum atomic E-state index is 13.0. The summed E-state index contributed by atoms with van der Waals surface area (Å²) < 4.78 is 43.9. The minimum absolute atomic E-state index is 0.201. The summed E-state index contributed by atoms with van der Waals surface area (Å²) >= 11 is 0. The van der Waals surface area contributed by atoms with Crippen molar-refractivity contribution in [3.63, 3.8) is 0 Å². The summed E-state index contributed by atoms with van der Waals surface area (Å²) in [6, 6.07) is 10.5. The van der Waals surface area contributed by atoms with Crippen molar-refractivity contribution in [2.75, 3.05) is 5.32 Å². The number of hydrazone groups is 1. The molecule has 2 amide bonds. The van der Waals surface area contributed by atoms with Crippen molar-refractivity contribution in [3.05, 3.63) is 89.6 Å². The van der Waals surface area contributed by atoms with Crippen LogP contribution in [-0.2, 0) is 16.1 Å².